The maximum Gasteiger partial charge on any atom is 0.330 e. The standard InChI is InChI=1S/C17H19NO5/c1-4-13-10(2)9-14(23-13)16(19)18-15(17(20)21)11-5-7-12(22-3)8-6-11/h5-9,15H,4H2,1-3H3,(H,18,19)(H,20,21). The summed E-state index contributed by atoms with van der Waals surface area (Å²) in [6.45, 7) is 3.77. The average Bonchev–Trinajstić information content (AvgIpc) is 2.93. The highest BCUT2D eigenvalue weighted by atomic mass is 16.5. The number of benzene rings is 1. The van der Waals surface area contributed by atoms with E-state index < -0.39 is 17.9 Å². The number of carbonyl (C=O) groups is 2. The predicted molar refractivity (Wildman–Crippen MR) is 83.7 cm³/mol. The van der Waals surface area contributed by atoms with Crippen LogP contribution in [0.4, 0.5) is 0 Å². The number of methoxy groups -OCH3 is 1. The third-order valence-corrected chi connectivity index (χ3v) is 3.54. The summed E-state index contributed by atoms with van der Waals surface area (Å²) in [6.07, 6.45) is 0.667. The summed E-state index contributed by atoms with van der Waals surface area (Å²) < 4.78 is 10.5. The number of hydrogen-bond donors (Lipinski definition) is 2. The Kier molecular flexibility index (Phi) is 5.05. The van der Waals surface area contributed by atoms with Gasteiger partial charge in [0, 0.05) is 6.42 Å². The monoisotopic (exact) mass is 317 g/mol. The van der Waals surface area contributed by atoms with Gasteiger partial charge in [0.2, 0.25) is 0 Å². The maximum absolute atomic E-state index is 12.2. The molecule has 1 aromatic heterocycles. The minimum absolute atomic E-state index is 0.110. The molecule has 0 bridgehead atoms. The van der Waals surface area contributed by atoms with Crippen molar-refractivity contribution in [2.45, 2.75) is 26.3 Å². The van der Waals surface area contributed by atoms with Crippen molar-refractivity contribution in [2.75, 3.05) is 7.11 Å². The largest absolute Gasteiger partial charge is 0.497 e. The van der Waals surface area contributed by atoms with E-state index in [0.29, 0.717) is 23.5 Å². The number of carboxylic acid groups (broad SMARTS) is 1. The second-order valence-corrected chi connectivity index (χ2v) is 5.09. The number of carboxylic acids is 1. The molecule has 23 heavy (non-hydrogen) atoms. The van der Waals surface area contributed by atoms with E-state index in [2.05, 4.69) is 5.32 Å². The fourth-order valence-corrected chi connectivity index (χ4v) is 2.27. The average molecular weight is 317 g/mol. The third-order valence-electron chi connectivity index (χ3n) is 3.54. The zero-order valence-corrected chi connectivity index (χ0v) is 13.3. The van der Waals surface area contributed by atoms with Gasteiger partial charge >= 0.3 is 5.97 Å². The molecule has 1 unspecified atom stereocenters. The molecule has 2 rings (SSSR count). The van der Waals surface area contributed by atoms with Crippen LogP contribution in [0.5, 0.6) is 5.75 Å². The van der Waals surface area contributed by atoms with Gasteiger partial charge in [-0.25, -0.2) is 4.79 Å². The van der Waals surface area contributed by atoms with Gasteiger partial charge in [-0.2, -0.15) is 0 Å². The third kappa shape index (κ3) is 3.71. The summed E-state index contributed by atoms with van der Waals surface area (Å²) in [5.74, 6) is -0.275. The molecule has 0 aliphatic rings. The molecule has 122 valence electrons. The number of nitrogens with one attached hydrogen (secondary N) is 1. The van der Waals surface area contributed by atoms with E-state index in [4.69, 9.17) is 9.15 Å². The summed E-state index contributed by atoms with van der Waals surface area (Å²) >= 11 is 0. The number of amides is 1. The van der Waals surface area contributed by atoms with Crippen LogP contribution in [-0.4, -0.2) is 24.1 Å². The van der Waals surface area contributed by atoms with Crippen molar-refractivity contribution in [2.24, 2.45) is 0 Å². The van der Waals surface area contributed by atoms with Crippen molar-refractivity contribution in [1.82, 2.24) is 5.32 Å². The SMILES string of the molecule is CCc1oc(C(=O)NC(C(=O)O)c2ccc(OC)cc2)cc1C. The van der Waals surface area contributed by atoms with Crippen LogP contribution in [0.25, 0.3) is 0 Å². The number of furan rings is 1. The van der Waals surface area contributed by atoms with E-state index in [1.54, 1.807) is 30.3 Å². The van der Waals surface area contributed by atoms with Gasteiger partial charge in [-0.15, -0.1) is 0 Å². The summed E-state index contributed by atoms with van der Waals surface area (Å²) in [5.41, 5.74) is 1.32. The quantitative estimate of drug-likeness (QED) is 0.855. The van der Waals surface area contributed by atoms with Crippen LogP contribution in [0.1, 0.15) is 40.4 Å². The number of carbonyl (C=O) groups excluding carboxylic acids is 1. The fraction of sp³-hybridized carbons (Fsp3) is 0.294. The molecular weight excluding hydrogens is 298 g/mol. The normalized spacial score (nSPS) is 11.8. The van der Waals surface area contributed by atoms with Crippen LogP contribution in [0, 0.1) is 6.92 Å². The lowest BCUT2D eigenvalue weighted by molar-refractivity contribution is -0.139. The number of aryl methyl sites for hydroxylation is 2. The van der Waals surface area contributed by atoms with E-state index >= 15 is 0 Å². The van der Waals surface area contributed by atoms with Gasteiger partial charge in [0.25, 0.3) is 5.91 Å². The molecule has 0 saturated carbocycles. The van der Waals surface area contributed by atoms with Gasteiger partial charge in [0.15, 0.2) is 11.8 Å². The van der Waals surface area contributed by atoms with Crippen molar-refractivity contribution in [3.8, 4) is 5.75 Å². The van der Waals surface area contributed by atoms with E-state index in [1.807, 2.05) is 13.8 Å². The first-order valence-electron chi connectivity index (χ1n) is 7.23. The van der Waals surface area contributed by atoms with Gasteiger partial charge in [-0.1, -0.05) is 19.1 Å². The molecule has 0 aliphatic heterocycles. The Morgan fingerprint density at radius 3 is 2.43 bits per heavy atom. The maximum atomic E-state index is 12.2. The number of ether oxygens (including phenoxy) is 1. The molecule has 0 fully saturated rings. The van der Waals surface area contributed by atoms with Crippen molar-refractivity contribution < 1.29 is 23.8 Å². The predicted octanol–water partition coefficient (Wildman–Crippen LogP) is 2.71. The fourth-order valence-electron chi connectivity index (χ4n) is 2.27. The van der Waals surface area contributed by atoms with Crippen LogP contribution in [-0.2, 0) is 11.2 Å². The van der Waals surface area contributed by atoms with E-state index in [1.165, 1.54) is 7.11 Å². The first-order valence-corrected chi connectivity index (χ1v) is 7.23. The van der Waals surface area contributed by atoms with Crippen molar-refractivity contribution >= 4 is 11.9 Å². The van der Waals surface area contributed by atoms with Crippen LogP contribution in [0.15, 0.2) is 34.7 Å². The Morgan fingerprint density at radius 2 is 1.96 bits per heavy atom. The molecule has 0 radical (unpaired) electrons. The highest BCUT2D eigenvalue weighted by Gasteiger charge is 2.24. The Balaban J connectivity index is 2.21. The second kappa shape index (κ2) is 7.00. The van der Waals surface area contributed by atoms with Crippen molar-refractivity contribution in [1.29, 1.82) is 0 Å². The van der Waals surface area contributed by atoms with Gasteiger partial charge in [0.05, 0.1) is 7.11 Å². The minimum Gasteiger partial charge on any atom is -0.497 e. The lowest BCUT2D eigenvalue weighted by atomic mass is 10.1. The second-order valence-electron chi connectivity index (χ2n) is 5.09. The summed E-state index contributed by atoms with van der Waals surface area (Å²) in [7, 11) is 1.52. The molecular formula is C17H19NO5. The summed E-state index contributed by atoms with van der Waals surface area (Å²) in [6, 6.07) is 6.93. The molecule has 0 saturated heterocycles. The summed E-state index contributed by atoms with van der Waals surface area (Å²) in [5, 5.41) is 11.9. The van der Waals surface area contributed by atoms with Crippen LogP contribution >= 0.6 is 0 Å². The highest BCUT2D eigenvalue weighted by molar-refractivity contribution is 5.94. The van der Waals surface area contributed by atoms with Gasteiger partial charge < -0.3 is 19.6 Å². The summed E-state index contributed by atoms with van der Waals surface area (Å²) in [4.78, 5) is 23.7. The van der Waals surface area contributed by atoms with Crippen LogP contribution < -0.4 is 10.1 Å². The lowest BCUT2D eigenvalue weighted by Crippen LogP contribution is -2.33. The van der Waals surface area contributed by atoms with Gasteiger partial charge in [-0.05, 0) is 36.2 Å². The van der Waals surface area contributed by atoms with Crippen LogP contribution in [0.3, 0.4) is 0 Å². The topological polar surface area (TPSA) is 88.8 Å². The zero-order valence-electron chi connectivity index (χ0n) is 13.3. The number of hydrogen-bond acceptors (Lipinski definition) is 4. The van der Waals surface area contributed by atoms with Crippen molar-refractivity contribution in [3.63, 3.8) is 0 Å². The molecule has 1 aromatic carbocycles. The molecule has 2 aromatic rings. The lowest BCUT2D eigenvalue weighted by Gasteiger charge is -2.14. The van der Waals surface area contributed by atoms with Gasteiger partial charge in [-0.3, -0.25) is 4.79 Å². The van der Waals surface area contributed by atoms with Crippen LogP contribution in [0.2, 0.25) is 0 Å². The molecule has 6 heteroatoms. The molecule has 1 amide bonds. The number of aliphatic carboxylic acids is 1. The van der Waals surface area contributed by atoms with Crippen molar-refractivity contribution in [3.05, 3.63) is 53.0 Å². The van der Waals surface area contributed by atoms with E-state index in [9.17, 15) is 14.7 Å². The number of rotatable bonds is 6. The van der Waals surface area contributed by atoms with E-state index in [0.717, 1.165) is 5.56 Å². The smallest absolute Gasteiger partial charge is 0.330 e. The Labute approximate surface area is 134 Å². The highest BCUT2D eigenvalue weighted by Crippen LogP contribution is 2.20. The Hall–Kier alpha value is -2.76. The molecule has 6 nitrogen and oxygen atoms in total. The van der Waals surface area contributed by atoms with E-state index in [-0.39, 0.29) is 5.76 Å². The molecule has 0 aliphatic carbocycles. The molecule has 2 N–H and O–H groups in total. The zero-order chi connectivity index (χ0) is 17.0. The molecule has 1 heterocycles. The first kappa shape index (κ1) is 16.6. The minimum atomic E-state index is -1.16. The Bertz CT molecular complexity index is 702. The first-order chi connectivity index (χ1) is 11.0. The Morgan fingerprint density at radius 1 is 1.30 bits per heavy atom. The molecule has 0 spiro atoms. The molecule has 1 atom stereocenters. The van der Waals surface area contributed by atoms with Gasteiger partial charge in [0.1, 0.15) is 11.5 Å².